The minimum absolute atomic E-state index is 0.0960. The largest absolute Gasteiger partial charge is 0.340 e. The van der Waals surface area contributed by atoms with Gasteiger partial charge < -0.3 is 4.90 Å². The molecule has 22 heavy (non-hydrogen) atoms. The number of rotatable bonds is 3. The Morgan fingerprint density at radius 2 is 1.95 bits per heavy atom. The van der Waals surface area contributed by atoms with Gasteiger partial charge in [-0.2, -0.15) is 4.31 Å². The summed E-state index contributed by atoms with van der Waals surface area (Å²) in [5, 5.41) is 1.68. The molecule has 0 aliphatic carbocycles. The lowest BCUT2D eigenvalue weighted by Gasteiger charge is -2.37. The van der Waals surface area contributed by atoms with E-state index in [4.69, 9.17) is 0 Å². The molecule has 2 fully saturated rings. The van der Waals surface area contributed by atoms with E-state index in [0.717, 1.165) is 28.5 Å². The van der Waals surface area contributed by atoms with E-state index in [2.05, 4.69) is 0 Å². The third-order valence-electron chi connectivity index (χ3n) is 4.27. The maximum atomic E-state index is 15.1. The normalized spacial score (nSPS) is 27.2. The molecule has 0 aromatic carbocycles. The molecule has 1 aromatic heterocycles. The van der Waals surface area contributed by atoms with Gasteiger partial charge in [-0.3, -0.25) is 4.79 Å². The first-order chi connectivity index (χ1) is 10.4. The molecular weight excluding hydrogens is 327 g/mol. The lowest BCUT2D eigenvalue weighted by atomic mass is 9.94. The average Bonchev–Trinajstić information content (AvgIpc) is 3.20. The monoisotopic (exact) mass is 346 g/mol. The van der Waals surface area contributed by atoms with Crippen molar-refractivity contribution in [1.82, 2.24) is 9.21 Å². The van der Waals surface area contributed by atoms with E-state index in [1.807, 2.05) is 0 Å². The molecule has 0 spiro atoms. The van der Waals surface area contributed by atoms with Gasteiger partial charge in [0.2, 0.25) is 5.67 Å². The van der Waals surface area contributed by atoms with E-state index in [1.54, 1.807) is 11.4 Å². The van der Waals surface area contributed by atoms with E-state index in [0.29, 0.717) is 19.5 Å². The molecule has 1 aromatic rings. The van der Waals surface area contributed by atoms with Crippen molar-refractivity contribution in [2.75, 3.05) is 26.2 Å². The topological polar surface area (TPSA) is 57.7 Å². The van der Waals surface area contributed by atoms with Gasteiger partial charge in [0.15, 0.2) is 0 Å². The van der Waals surface area contributed by atoms with E-state index in [1.165, 1.54) is 11.0 Å². The van der Waals surface area contributed by atoms with Crippen molar-refractivity contribution in [2.24, 2.45) is 0 Å². The first-order valence-electron chi connectivity index (χ1n) is 7.45. The lowest BCUT2D eigenvalue weighted by Crippen LogP contribution is -2.56. The minimum atomic E-state index is -3.71. The van der Waals surface area contributed by atoms with Crippen LogP contribution in [0.3, 0.4) is 0 Å². The summed E-state index contributed by atoms with van der Waals surface area (Å²) in [5.74, 6) is -0.545. The third kappa shape index (κ3) is 2.79. The first kappa shape index (κ1) is 15.9. The third-order valence-corrected chi connectivity index (χ3v) is 7.49. The number of alkyl halides is 1. The Morgan fingerprint density at radius 3 is 2.59 bits per heavy atom. The summed E-state index contributed by atoms with van der Waals surface area (Å²) >= 11 is 1.11. The lowest BCUT2D eigenvalue weighted by molar-refractivity contribution is -0.145. The van der Waals surface area contributed by atoms with Gasteiger partial charge in [0, 0.05) is 19.6 Å². The maximum absolute atomic E-state index is 15.1. The second kappa shape index (κ2) is 5.90. The van der Waals surface area contributed by atoms with Crippen molar-refractivity contribution in [3.8, 4) is 0 Å². The molecular formula is C14H19FN2O3S2. The molecule has 1 amide bonds. The van der Waals surface area contributed by atoms with E-state index in [9.17, 15) is 13.2 Å². The molecule has 0 bridgehead atoms. The van der Waals surface area contributed by atoms with Crippen LogP contribution in [0.5, 0.6) is 0 Å². The van der Waals surface area contributed by atoms with E-state index in [-0.39, 0.29) is 23.7 Å². The highest BCUT2D eigenvalue weighted by Gasteiger charge is 2.48. The van der Waals surface area contributed by atoms with Gasteiger partial charge in [-0.15, -0.1) is 11.3 Å². The number of hydrogen-bond acceptors (Lipinski definition) is 4. The number of sulfonamides is 1. The van der Waals surface area contributed by atoms with Gasteiger partial charge in [0.1, 0.15) is 4.21 Å². The molecule has 1 atom stereocenters. The van der Waals surface area contributed by atoms with Crippen molar-refractivity contribution in [3.63, 3.8) is 0 Å². The van der Waals surface area contributed by atoms with Gasteiger partial charge in [-0.1, -0.05) is 6.07 Å². The fourth-order valence-electron chi connectivity index (χ4n) is 3.09. The van der Waals surface area contributed by atoms with Crippen LogP contribution < -0.4 is 0 Å². The van der Waals surface area contributed by atoms with Crippen molar-refractivity contribution in [2.45, 2.75) is 35.6 Å². The number of amides is 1. The Bertz CT molecular complexity index is 641. The van der Waals surface area contributed by atoms with Crippen LogP contribution in [0.4, 0.5) is 4.39 Å². The summed E-state index contributed by atoms with van der Waals surface area (Å²) in [5.41, 5.74) is -2.09. The fourth-order valence-corrected chi connectivity index (χ4v) is 5.76. The summed E-state index contributed by atoms with van der Waals surface area (Å²) in [6.45, 7) is 1.03. The van der Waals surface area contributed by atoms with Crippen LogP contribution in [0.2, 0.25) is 0 Å². The van der Waals surface area contributed by atoms with Crippen molar-refractivity contribution >= 4 is 27.3 Å². The number of carbonyl (C=O) groups excluding carboxylic acids is 1. The molecule has 1 unspecified atom stereocenters. The molecule has 122 valence electrons. The maximum Gasteiger partial charge on any atom is 0.261 e. The molecule has 2 aliphatic heterocycles. The second-order valence-corrected chi connectivity index (χ2v) is 8.95. The first-order valence-corrected chi connectivity index (χ1v) is 9.77. The van der Waals surface area contributed by atoms with E-state index >= 15 is 4.39 Å². The highest BCUT2D eigenvalue weighted by Crippen LogP contribution is 2.32. The Balaban J connectivity index is 1.80. The summed E-state index contributed by atoms with van der Waals surface area (Å²) < 4.78 is 41.5. The van der Waals surface area contributed by atoms with Gasteiger partial charge in [0.05, 0.1) is 6.54 Å². The minimum Gasteiger partial charge on any atom is -0.340 e. The zero-order valence-corrected chi connectivity index (χ0v) is 13.8. The van der Waals surface area contributed by atoms with Crippen LogP contribution >= 0.6 is 11.3 Å². The average molecular weight is 346 g/mol. The van der Waals surface area contributed by atoms with Gasteiger partial charge in [-0.05, 0) is 37.1 Å². The number of hydrogen-bond donors (Lipinski definition) is 0. The molecule has 8 heteroatoms. The summed E-state index contributed by atoms with van der Waals surface area (Å²) in [6.07, 6.45) is 2.23. The van der Waals surface area contributed by atoms with Gasteiger partial charge in [-0.25, -0.2) is 12.8 Å². The van der Waals surface area contributed by atoms with Crippen molar-refractivity contribution in [1.29, 1.82) is 0 Å². The summed E-state index contributed by atoms with van der Waals surface area (Å²) in [4.78, 5) is 13.9. The number of likely N-dealkylation sites (tertiary alicyclic amines) is 1. The van der Waals surface area contributed by atoms with Crippen molar-refractivity contribution < 1.29 is 17.6 Å². The molecule has 0 radical (unpaired) electrons. The predicted molar refractivity (Wildman–Crippen MR) is 82.0 cm³/mol. The molecule has 0 N–H and O–H groups in total. The number of carbonyl (C=O) groups is 1. The van der Waals surface area contributed by atoms with Crippen LogP contribution in [-0.4, -0.2) is 55.4 Å². The number of halogens is 1. The van der Waals surface area contributed by atoms with Crippen LogP contribution in [0, 0.1) is 0 Å². The molecule has 2 aliphatic rings. The molecule has 0 saturated carbocycles. The molecule has 2 saturated heterocycles. The Hall–Kier alpha value is -0.990. The second-order valence-electron chi connectivity index (χ2n) is 5.84. The molecule has 5 nitrogen and oxygen atoms in total. The zero-order valence-electron chi connectivity index (χ0n) is 12.2. The highest BCUT2D eigenvalue weighted by molar-refractivity contribution is 7.91. The standard InChI is InChI=1S/C14H19FN2O3S2/c15-14(13(18)16-7-1-2-8-16)6-4-9-17(11-14)22(19,20)12-5-3-10-21-12/h3,5,10H,1-2,4,6-9,11H2. The SMILES string of the molecule is O=C(N1CCCC1)C1(F)CCCN(S(=O)(=O)c2cccs2)C1. The Morgan fingerprint density at radius 1 is 1.23 bits per heavy atom. The molecule has 3 rings (SSSR count). The Labute approximate surface area is 133 Å². The van der Waals surface area contributed by atoms with Crippen LogP contribution in [0.25, 0.3) is 0 Å². The highest BCUT2D eigenvalue weighted by atomic mass is 32.2. The number of piperidine rings is 1. The number of thiophene rings is 1. The smallest absolute Gasteiger partial charge is 0.261 e. The zero-order chi connectivity index (χ0) is 15.8. The predicted octanol–water partition coefficient (Wildman–Crippen LogP) is 1.86. The Kier molecular flexibility index (Phi) is 4.26. The van der Waals surface area contributed by atoms with Crippen LogP contribution in [0.1, 0.15) is 25.7 Å². The molecule has 3 heterocycles. The quantitative estimate of drug-likeness (QED) is 0.839. The van der Waals surface area contributed by atoms with Gasteiger partial charge >= 0.3 is 0 Å². The van der Waals surface area contributed by atoms with Crippen LogP contribution in [0.15, 0.2) is 21.7 Å². The van der Waals surface area contributed by atoms with Gasteiger partial charge in [0.25, 0.3) is 15.9 Å². The van der Waals surface area contributed by atoms with Crippen LogP contribution in [-0.2, 0) is 14.8 Å². The van der Waals surface area contributed by atoms with E-state index < -0.39 is 21.6 Å². The van der Waals surface area contributed by atoms with Crippen molar-refractivity contribution in [3.05, 3.63) is 17.5 Å². The summed E-state index contributed by atoms with van der Waals surface area (Å²) in [6, 6.07) is 3.16. The fraction of sp³-hybridized carbons (Fsp3) is 0.643. The number of nitrogens with zero attached hydrogens (tertiary/aromatic N) is 2. The summed E-state index contributed by atoms with van der Waals surface area (Å²) in [7, 11) is -3.71.